The molecule has 1 amide bonds. The van der Waals surface area contributed by atoms with E-state index in [9.17, 15) is 9.59 Å². The van der Waals surface area contributed by atoms with Crippen LogP contribution in [0.4, 0.5) is 5.69 Å². The minimum Gasteiger partial charge on any atom is -0.316 e. The number of nitrogens with zero attached hydrogens (tertiary/aromatic N) is 3. The van der Waals surface area contributed by atoms with Crippen LogP contribution in [0.2, 0.25) is 0 Å². The Labute approximate surface area is 127 Å². The molecule has 2 heterocycles. The number of aromatic nitrogens is 4. The van der Waals surface area contributed by atoms with Crippen LogP contribution in [0.3, 0.4) is 0 Å². The summed E-state index contributed by atoms with van der Waals surface area (Å²) in [4.78, 5) is 32.5. The maximum absolute atomic E-state index is 12.3. The first kappa shape index (κ1) is 13.5. The average Bonchev–Trinajstić information content (AvgIpc) is 2.92. The Morgan fingerprint density at radius 3 is 2.76 bits per heavy atom. The molecule has 106 valence electrons. The van der Waals surface area contributed by atoms with Gasteiger partial charge in [0.05, 0.1) is 5.69 Å². The maximum Gasteiger partial charge on any atom is 0.298 e. The van der Waals surface area contributed by atoms with E-state index in [-0.39, 0.29) is 17.4 Å². The molecule has 1 aromatic carbocycles. The number of hydrogen-bond acceptors (Lipinski definition) is 4. The number of anilines is 1. The van der Waals surface area contributed by atoms with Crippen LogP contribution in [0.5, 0.6) is 0 Å². The first-order valence-corrected chi connectivity index (χ1v) is 6.85. The predicted octanol–water partition coefficient (Wildman–Crippen LogP) is 1.74. The molecule has 0 aliphatic heterocycles. The number of fused-ring (bicyclic) bond motifs is 1. The van der Waals surface area contributed by atoms with Gasteiger partial charge in [0.25, 0.3) is 17.2 Å². The smallest absolute Gasteiger partial charge is 0.298 e. The van der Waals surface area contributed by atoms with Crippen LogP contribution in [-0.4, -0.2) is 25.5 Å². The fourth-order valence-electron chi connectivity index (χ4n) is 1.89. The van der Waals surface area contributed by atoms with E-state index in [0.29, 0.717) is 11.3 Å². The van der Waals surface area contributed by atoms with Crippen molar-refractivity contribution >= 4 is 33.3 Å². The van der Waals surface area contributed by atoms with Crippen molar-refractivity contribution in [2.45, 2.75) is 6.92 Å². The first-order chi connectivity index (χ1) is 10.1. The van der Waals surface area contributed by atoms with Crippen LogP contribution < -0.4 is 10.9 Å². The van der Waals surface area contributed by atoms with Crippen molar-refractivity contribution in [1.29, 1.82) is 0 Å². The summed E-state index contributed by atoms with van der Waals surface area (Å²) in [6.45, 7) is 1.65. The molecule has 2 aromatic heterocycles. The summed E-state index contributed by atoms with van der Waals surface area (Å²) in [5.74, 6) is -0.108. The number of benzene rings is 1. The molecule has 3 aromatic rings. The summed E-state index contributed by atoms with van der Waals surface area (Å²) < 4.78 is 2.04. The summed E-state index contributed by atoms with van der Waals surface area (Å²) in [7, 11) is 0. The Bertz CT molecular complexity index is 882. The summed E-state index contributed by atoms with van der Waals surface area (Å²) in [6.07, 6.45) is 1.36. The lowest BCUT2D eigenvalue weighted by Gasteiger charge is -2.07. The van der Waals surface area contributed by atoms with Gasteiger partial charge in [-0.3, -0.25) is 14.7 Å². The molecule has 0 aliphatic carbocycles. The second-order valence-corrected chi connectivity index (χ2v) is 5.28. The van der Waals surface area contributed by atoms with Crippen LogP contribution in [0.15, 0.2) is 39.9 Å². The highest BCUT2D eigenvalue weighted by molar-refractivity contribution is 9.10. The van der Waals surface area contributed by atoms with Crippen molar-refractivity contribution in [1.82, 2.24) is 19.6 Å². The Morgan fingerprint density at radius 1 is 1.33 bits per heavy atom. The number of aryl methyl sites for hydroxylation is 1. The van der Waals surface area contributed by atoms with E-state index in [4.69, 9.17) is 0 Å². The van der Waals surface area contributed by atoms with Gasteiger partial charge in [0.15, 0.2) is 0 Å². The van der Waals surface area contributed by atoms with E-state index in [1.807, 2.05) is 0 Å². The molecule has 2 N–H and O–H groups in total. The van der Waals surface area contributed by atoms with Gasteiger partial charge in [-0.15, -0.1) is 0 Å². The monoisotopic (exact) mass is 347 g/mol. The molecule has 0 saturated carbocycles. The molecule has 8 heteroatoms. The molecule has 3 rings (SSSR count). The number of amides is 1. The largest absolute Gasteiger partial charge is 0.316 e. The van der Waals surface area contributed by atoms with E-state index in [0.717, 1.165) is 4.47 Å². The molecular formula is C13H10BrN5O2. The zero-order valence-corrected chi connectivity index (χ0v) is 12.5. The molecule has 0 aliphatic rings. The maximum atomic E-state index is 12.3. The lowest BCUT2D eigenvalue weighted by Crippen LogP contribution is -2.25. The lowest BCUT2D eigenvalue weighted by atomic mass is 10.2. The predicted molar refractivity (Wildman–Crippen MR) is 80.4 cm³/mol. The van der Waals surface area contributed by atoms with Crippen LogP contribution in [0.1, 0.15) is 16.1 Å². The second-order valence-electron chi connectivity index (χ2n) is 4.36. The van der Waals surface area contributed by atoms with E-state index in [1.54, 1.807) is 31.2 Å². The summed E-state index contributed by atoms with van der Waals surface area (Å²) >= 11 is 3.30. The lowest BCUT2D eigenvalue weighted by molar-refractivity contribution is 0.102. The Kier molecular flexibility index (Phi) is 3.30. The van der Waals surface area contributed by atoms with Crippen LogP contribution >= 0.6 is 15.9 Å². The van der Waals surface area contributed by atoms with Gasteiger partial charge in [-0.1, -0.05) is 15.9 Å². The zero-order chi connectivity index (χ0) is 15.0. The second kappa shape index (κ2) is 5.13. The molecule has 0 spiro atoms. The minimum atomic E-state index is -0.402. The van der Waals surface area contributed by atoms with Crippen LogP contribution in [-0.2, 0) is 0 Å². The summed E-state index contributed by atoms with van der Waals surface area (Å²) in [5.41, 5.74) is 0.592. The molecule has 0 bridgehead atoms. The van der Waals surface area contributed by atoms with Gasteiger partial charge in [-0.25, -0.2) is 9.97 Å². The highest BCUT2D eigenvalue weighted by Crippen LogP contribution is 2.13. The number of rotatable bonds is 2. The minimum absolute atomic E-state index is 0.129. The number of carbonyl (C=O) groups is 1. The summed E-state index contributed by atoms with van der Waals surface area (Å²) in [6, 6.07) is 6.83. The fourth-order valence-corrected chi connectivity index (χ4v) is 2.16. The van der Waals surface area contributed by atoms with Crippen molar-refractivity contribution in [2.75, 3.05) is 5.32 Å². The fraction of sp³-hybridized carbons (Fsp3) is 0.0769. The third kappa shape index (κ3) is 2.45. The Morgan fingerprint density at radius 2 is 2.05 bits per heavy atom. The quantitative estimate of drug-likeness (QED) is 0.738. The van der Waals surface area contributed by atoms with Crippen molar-refractivity contribution in [2.24, 2.45) is 0 Å². The number of aromatic amines is 1. The van der Waals surface area contributed by atoms with E-state index < -0.39 is 5.56 Å². The molecular weight excluding hydrogens is 338 g/mol. The van der Waals surface area contributed by atoms with Crippen LogP contribution in [0, 0.1) is 6.92 Å². The van der Waals surface area contributed by atoms with Gasteiger partial charge in [-0.05, 0) is 31.2 Å². The third-order valence-electron chi connectivity index (χ3n) is 2.96. The van der Waals surface area contributed by atoms with Gasteiger partial charge >= 0.3 is 0 Å². The Balaban J connectivity index is 1.99. The van der Waals surface area contributed by atoms with Gasteiger partial charge in [0.1, 0.15) is 12.0 Å². The normalized spacial score (nSPS) is 10.8. The highest BCUT2D eigenvalue weighted by atomic mass is 79.9. The topological polar surface area (TPSA) is 92.2 Å². The van der Waals surface area contributed by atoms with Crippen molar-refractivity contribution < 1.29 is 4.79 Å². The van der Waals surface area contributed by atoms with Gasteiger partial charge in [-0.2, -0.15) is 4.52 Å². The zero-order valence-electron chi connectivity index (χ0n) is 10.9. The van der Waals surface area contributed by atoms with E-state index in [2.05, 4.69) is 36.3 Å². The Hall–Kier alpha value is -2.48. The number of H-pyrrole nitrogens is 1. The van der Waals surface area contributed by atoms with Gasteiger partial charge < -0.3 is 5.32 Å². The van der Waals surface area contributed by atoms with Gasteiger partial charge in [0, 0.05) is 10.0 Å². The third-order valence-corrected chi connectivity index (χ3v) is 3.49. The molecule has 0 radical (unpaired) electrons. The van der Waals surface area contributed by atoms with Crippen molar-refractivity contribution in [3.63, 3.8) is 0 Å². The molecule has 0 unspecified atom stereocenters. The SMILES string of the molecule is Cc1nc2nc[nH]n2c(=O)c1NC(=O)c1ccc(Br)cc1. The van der Waals surface area contributed by atoms with Crippen molar-refractivity contribution in [3.05, 3.63) is 56.7 Å². The van der Waals surface area contributed by atoms with Gasteiger partial charge in [0.2, 0.25) is 0 Å². The summed E-state index contributed by atoms with van der Waals surface area (Å²) in [5, 5.41) is 5.25. The number of nitrogens with one attached hydrogen (secondary N) is 2. The molecule has 0 saturated heterocycles. The van der Waals surface area contributed by atoms with E-state index >= 15 is 0 Å². The number of halogens is 1. The van der Waals surface area contributed by atoms with Crippen molar-refractivity contribution in [3.8, 4) is 0 Å². The average molecular weight is 348 g/mol. The number of hydrogen-bond donors (Lipinski definition) is 2. The first-order valence-electron chi connectivity index (χ1n) is 6.06. The molecule has 0 fully saturated rings. The molecule has 0 atom stereocenters. The van der Waals surface area contributed by atoms with E-state index in [1.165, 1.54) is 10.8 Å². The molecule has 21 heavy (non-hydrogen) atoms. The van der Waals surface area contributed by atoms with Crippen LogP contribution in [0.25, 0.3) is 5.78 Å². The molecule has 7 nitrogen and oxygen atoms in total. The number of carbonyl (C=O) groups excluding carboxylic acids is 1. The standard InChI is InChI=1S/C13H10BrN5O2/c1-7-10(12(21)19-13(17-7)15-6-16-19)18-11(20)8-2-4-9(14)5-3-8/h2-6H,1H3,(H,18,20)(H,15,16,17). The highest BCUT2D eigenvalue weighted by Gasteiger charge is 2.14.